The van der Waals surface area contributed by atoms with Gasteiger partial charge in [0.25, 0.3) is 0 Å². The van der Waals surface area contributed by atoms with E-state index < -0.39 is 12.0 Å². The van der Waals surface area contributed by atoms with Crippen molar-refractivity contribution in [3.8, 4) is 5.88 Å². The number of aryl methyl sites for hydroxylation is 1. The Morgan fingerprint density at radius 1 is 1.71 bits per heavy atom. The highest BCUT2D eigenvalue weighted by Gasteiger charge is 2.14. The highest BCUT2D eigenvalue weighted by Crippen LogP contribution is 2.16. The van der Waals surface area contributed by atoms with Crippen LogP contribution in [0.15, 0.2) is 18.5 Å². The SMILES string of the molecule is Cc1cc2c(OCC(N)C(=O)O)nccn2n1. The van der Waals surface area contributed by atoms with Crippen LogP contribution >= 0.6 is 0 Å². The molecule has 2 aromatic rings. The maximum Gasteiger partial charge on any atom is 0.324 e. The molecule has 7 heteroatoms. The summed E-state index contributed by atoms with van der Waals surface area (Å²) in [5, 5.41) is 12.8. The van der Waals surface area contributed by atoms with E-state index in [-0.39, 0.29) is 6.61 Å². The molecule has 0 aliphatic rings. The van der Waals surface area contributed by atoms with E-state index in [0.717, 1.165) is 5.69 Å². The second-order valence-electron chi connectivity index (χ2n) is 3.60. The van der Waals surface area contributed by atoms with Crippen molar-refractivity contribution in [2.75, 3.05) is 6.61 Å². The molecule has 0 saturated heterocycles. The molecule has 0 amide bonds. The monoisotopic (exact) mass is 236 g/mol. The zero-order chi connectivity index (χ0) is 12.4. The first-order valence-corrected chi connectivity index (χ1v) is 5.00. The van der Waals surface area contributed by atoms with E-state index in [0.29, 0.717) is 11.4 Å². The number of carboxylic acid groups (broad SMARTS) is 1. The summed E-state index contributed by atoms with van der Waals surface area (Å²) >= 11 is 0. The number of carboxylic acids is 1. The predicted molar refractivity (Wildman–Crippen MR) is 58.8 cm³/mol. The first-order valence-electron chi connectivity index (χ1n) is 5.00. The summed E-state index contributed by atoms with van der Waals surface area (Å²) in [6.45, 7) is 1.71. The number of ether oxygens (including phenoxy) is 1. The molecule has 90 valence electrons. The highest BCUT2D eigenvalue weighted by molar-refractivity contribution is 5.73. The van der Waals surface area contributed by atoms with Gasteiger partial charge in [0.2, 0.25) is 5.88 Å². The molecule has 0 bridgehead atoms. The number of hydrogen-bond acceptors (Lipinski definition) is 5. The Kier molecular flexibility index (Phi) is 2.92. The van der Waals surface area contributed by atoms with Crippen LogP contribution in [-0.4, -0.2) is 38.3 Å². The number of nitrogens with zero attached hydrogens (tertiary/aromatic N) is 3. The number of hydrogen-bond donors (Lipinski definition) is 2. The number of aliphatic carboxylic acids is 1. The average Bonchev–Trinajstić information content (AvgIpc) is 2.66. The zero-order valence-electron chi connectivity index (χ0n) is 9.20. The Labute approximate surface area is 96.8 Å². The lowest BCUT2D eigenvalue weighted by atomic mass is 10.3. The van der Waals surface area contributed by atoms with E-state index in [9.17, 15) is 4.79 Å². The first-order chi connectivity index (χ1) is 8.08. The van der Waals surface area contributed by atoms with Crippen molar-refractivity contribution in [3.05, 3.63) is 24.2 Å². The van der Waals surface area contributed by atoms with Crippen molar-refractivity contribution in [1.29, 1.82) is 0 Å². The average molecular weight is 236 g/mol. The molecule has 0 radical (unpaired) electrons. The lowest BCUT2D eigenvalue weighted by Crippen LogP contribution is -2.36. The number of rotatable bonds is 4. The van der Waals surface area contributed by atoms with Gasteiger partial charge in [-0.1, -0.05) is 0 Å². The van der Waals surface area contributed by atoms with Crippen LogP contribution in [0.4, 0.5) is 0 Å². The van der Waals surface area contributed by atoms with Gasteiger partial charge in [-0.2, -0.15) is 5.10 Å². The maximum absolute atomic E-state index is 10.5. The highest BCUT2D eigenvalue weighted by atomic mass is 16.5. The summed E-state index contributed by atoms with van der Waals surface area (Å²) in [4.78, 5) is 14.6. The second kappa shape index (κ2) is 4.38. The molecular weight excluding hydrogens is 224 g/mol. The minimum absolute atomic E-state index is 0.133. The van der Waals surface area contributed by atoms with Crippen molar-refractivity contribution >= 4 is 11.5 Å². The van der Waals surface area contributed by atoms with Gasteiger partial charge in [-0.05, 0) is 13.0 Å². The molecule has 7 nitrogen and oxygen atoms in total. The van der Waals surface area contributed by atoms with Gasteiger partial charge in [0.1, 0.15) is 18.2 Å². The van der Waals surface area contributed by atoms with Gasteiger partial charge in [-0.15, -0.1) is 0 Å². The lowest BCUT2D eigenvalue weighted by Gasteiger charge is -2.08. The van der Waals surface area contributed by atoms with Crippen molar-refractivity contribution in [2.45, 2.75) is 13.0 Å². The molecule has 0 aliphatic heterocycles. The second-order valence-corrected chi connectivity index (χ2v) is 3.60. The smallest absolute Gasteiger partial charge is 0.324 e. The Balaban J connectivity index is 2.21. The molecule has 2 heterocycles. The quantitative estimate of drug-likeness (QED) is 0.763. The third-order valence-corrected chi connectivity index (χ3v) is 2.19. The summed E-state index contributed by atoms with van der Waals surface area (Å²) < 4.78 is 6.89. The van der Waals surface area contributed by atoms with Crippen molar-refractivity contribution in [3.63, 3.8) is 0 Å². The van der Waals surface area contributed by atoms with E-state index in [1.807, 2.05) is 6.92 Å². The van der Waals surface area contributed by atoms with E-state index in [2.05, 4.69) is 10.1 Å². The van der Waals surface area contributed by atoms with E-state index in [1.165, 1.54) is 6.20 Å². The van der Waals surface area contributed by atoms with Crippen LogP contribution in [0.2, 0.25) is 0 Å². The standard InChI is InChI=1S/C10H12N4O3/c1-6-4-8-9(12-2-3-14(8)13-6)17-5-7(11)10(15)16/h2-4,7H,5,11H2,1H3,(H,15,16). The fourth-order valence-electron chi connectivity index (χ4n) is 1.37. The molecule has 1 atom stereocenters. The molecule has 0 spiro atoms. The topological polar surface area (TPSA) is 103 Å². The van der Waals surface area contributed by atoms with Crippen LogP contribution in [-0.2, 0) is 4.79 Å². The fraction of sp³-hybridized carbons (Fsp3) is 0.300. The van der Waals surface area contributed by atoms with Gasteiger partial charge >= 0.3 is 5.97 Å². The third kappa shape index (κ3) is 2.34. The molecule has 0 aromatic carbocycles. The minimum Gasteiger partial charge on any atom is -0.480 e. The molecule has 0 saturated carbocycles. The Morgan fingerprint density at radius 2 is 2.47 bits per heavy atom. The van der Waals surface area contributed by atoms with Gasteiger partial charge in [0.05, 0.1) is 5.69 Å². The van der Waals surface area contributed by atoms with Crippen LogP contribution in [0.25, 0.3) is 5.52 Å². The Bertz CT molecular complexity index is 551. The fourth-order valence-corrected chi connectivity index (χ4v) is 1.37. The molecule has 17 heavy (non-hydrogen) atoms. The van der Waals surface area contributed by atoms with Gasteiger partial charge in [0.15, 0.2) is 0 Å². The summed E-state index contributed by atoms with van der Waals surface area (Å²) in [5.41, 5.74) is 6.85. The Hall–Kier alpha value is -2.15. The van der Waals surface area contributed by atoms with Gasteiger partial charge in [-0.25, -0.2) is 9.50 Å². The summed E-state index contributed by atoms with van der Waals surface area (Å²) in [7, 11) is 0. The summed E-state index contributed by atoms with van der Waals surface area (Å²) in [6, 6.07) is 0.732. The lowest BCUT2D eigenvalue weighted by molar-refractivity contribution is -0.139. The van der Waals surface area contributed by atoms with Gasteiger partial charge in [-0.3, -0.25) is 4.79 Å². The third-order valence-electron chi connectivity index (χ3n) is 2.19. The van der Waals surface area contributed by atoms with E-state index in [1.54, 1.807) is 16.8 Å². The first kappa shape index (κ1) is 11.3. The van der Waals surface area contributed by atoms with Crippen LogP contribution in [0, 0.1) is 6.92 Å². The molecule has 1 unspecified atom stereocenters. The van der Waals surface area contributed by atoms with Crippen LogP contribution in [0.5, 0.6) is 5.88 Å². The molecular formula is C10H12N4O3. The number of carbonyl (C=O) groups is 1. The minimum atomic E-state index is -1.11. The number of fused-ring (bicyclic) bond motifs is 1. The van der Waals surface area contributed by atoms with Crippen LogP contribution < -0.4 is 10.5 Å². The molecule has 0 aliphatic carbocycles. The summed E-state index contributed by atoms with van der Waals surface area (Å²) in [5.74, 6) is -0.786. The van der Waals surface area contributed by atoms with E-state index in [4.69, 9.17) is 15.6 Å². The molecule has 0 fully saturated rings. The normalized spacial score (nSPS) is 12.6. The van der Waals surface area contributed by atoms with Crippen molar-refractivity contribution in [1.82, 2.24) is 14.6 Å². The molecule has 2 aromatic heterocycles. The molecule has 3 N–H and O–H groups in total. The van der Waals surface area contributed by atoms with Gasteiger partial charge < -0.3 is 15.6 Å². The van der Waals surface area contributed by atoms with E-state index >= 15 is 0 Å². The largest absolute Gasteiger partial charge is 0.480 e. The maximum atomic E-state index is 10.5. The van der Waals surface area contributed by atoms with Crippen molar-refractivity contribution < 1.29 is 14.6 Å². The number of nitrogens with two attached hydrogens (primary N) is 1. The zero-order valence-corrected chi connectivity index (χ0v) is 9.20. The van der Waals surface area contributed by atoms with Crippen molar-refractivity contribution in [2.24, 2.45) is 5.73 Å². The van der Waals surface area contributed by atoms with Crippen LogP contribution in [0.1, 0.15) is 5.69 Å². The predicted octanol–water partition coefficient (Wildman–Crippen LogP) is -0.172. The Morgan fingerprint density at radius 3 is 3.18 bits per heavy atom. The summed E-state index contributed by atoms with van der Waals surface area (Å²) in [6.07, 6.45) is 3.22. The van der Waals surface area contributed by atoms with Gasteiger partial charge in [0, 0.05) is 12.4 Å². The number of aromatic nitrogens is 3. The molecule has 2 rings (SSSR count). The van der Waals surface area contributed by atoms with Crippen LogP contribution in [0.3, 0.4) is 0 Å².